The van der Waals surface area contributed by atoms with E-state index in [1.165, 1.54) is 0 Å². The number of aliphatic hydroxyl groups excluding tert-OH is 1. The number of nitrogens with one attached hydrogen (secondary N) is 3. The average molecular weight is 312 g/mol. The summed E-state index contributed by atoms with van der Waals surface area (Å²) in [6, 6.07) is 4.85. The third-order valence-corrected chi connectivity index (χ3v) is 3.56. The Kier molecular flexibility index (Phi) is 5.17. The second-order valence-electron chi connectivity index (χ2n) is 5.10. The van der Waals surface area contributed by atoms with Crippen LogP contribution in [-0.2, 0) is 9.59 Å². The highest BCUT2D eigenvalue weighted by atomic mass is 35.5. The summed E-state index contributed by atoms with van der Waals surface area (Å²) < 4.78 is 0. The summed E-state index contributed by atoms with van der Waals surface area (Å²) in [5, 5.41) is 17.8. The molecule has 2 rings (SSSR count). The van der Waals surface area contributed by atoms with Crippen LogP contribution in [0.3, 0.4) is 0 Å². The summed E-state index contributed by atoms with van der Waals surface area (Å²) in [7, 11) is 0. The Balaban J connectivity index is 1.80. The third-order valence-electron chi connectivity index (χ3n) is 3.25. The van der Waals surface area contributed by atoms with Gasteiger partial charge in [0.1, 0.15) is 0 Å². The van der Waals surface area contributed by atoms with Crippen molar-refractivity contribution in [3.8, 4) is 0 Å². The van der Waals surface area contributed by atoms with Gasteiger partial charge in [-0.2, -0.15) is 0 Å². The Labute approximate surface area is 127 Å². The van der Waals surface area contributed by atoms with E-state index in [4.69, 9.17) is 11.6 Å². The first kappa shape index (κ1) is 15.8. The molecule has 0 aromatic heterocycles. The topological polar surface area (TPSA) is 90.5 Å². The van der Waals surface area contributed by atoms with Crippen LogP contribution in [0.5, 0.6) is 0 Å². The lowest BCUT2D eigenvalue weighted by atomic mass is 10.2. The van der Waals surface area contributed by atoms with Crippen molar-refractivity contribution in [2.45, 2.75) is 25.5 Å². The van der Waals surface area contributed by atoms with Crippen LogP contribution in [0.4, 0.5) is 5.69 Å². The first-order valence-corrected chi connectivity index (χ1v) is 7.08. The average Bonchev–Trinajstić information content (AvgIpc) is 2.86. The fourth-order valence-corrected chi connectivity index (χ4v) is 2.41. The second kappa shape index (κ2) is 6.89. The first-order valence-electron chi connectivity index (χ1n) is 6.71. The number of benzene rings is 1. The van der Waals surface area contributed by atoms with Gasteiger partial charge in [0.2, 0.25) is 11.8 Å². The number of carbonyl (C=O) groups excluding carboxylic acids is 2. The summed E-state index contributed by atoms with van der Waals surface area (Å²) in [6.45, 7) is 2.15. The number of aryl methyl sites for hydroxylation is 1. The van der Waals surface area contributed by atoms with Gasteiger partial charge >= 0.3 is 0 Å². The van der Waals surface area contributed by atoms with E-state index in [1.54, 1.807) is 12.1 Å². The minimum atomic E-state index is -0.513. The van der Waals surface area contributed by atoms with E-state index >= 15 is 0 Å². The summed E-state index contributed by atoms with van der Waals surface area (Å²) in [6.07, 6.45) is -0.155. The van der Waals surface area contributed by atoms with Crippen LogP contribution < -0.4 is 16.0 Å². The second-order valence-corrected chi connectivity index (χ2v) is 5.51. The lowest BCUT2D eigenvalue weighted by Gasteiger charge is -2.12. The minimum absolute atomic E-state index is 0.142. The van der Waals surface area contributed by atoms with E-state index in [1.807, 2.05) is 13.0 Å². The van der Waals surface area contributed by atoms with Gasteiger partial charge in [0.25, 0.3) is 0 Å². The molecule has 0 saturated carbocycles. The maximum absolute atomic E-state index is 11.8. The highest BCUT2D eigenvalue weighted by molar-refractivity contribution is 6.33. The van der Waals surface area contributed by atoms with Crippen molar-refractivity contribution in [3.05, 3.63) is 28.8 Å². The van der Waals surface area contributed by atoms with Gasteiger partial charge in [-0.05, 0) is 31.0 Å². The molecular formula is C14H18ClN3O3. The van der Waals surface area contributed by atoms with Gasteiger partial charge in [0, 0.05) is 6.54 Å². The molecular weight excluding hydrogens is 294 g/mol. The number of β-amino-alcohol motifs (C(OH)–C–C–N with tert-alkyl or cyclic N) is 1. The van der Waals surface area contributed by atoms with E-state index in [0.29, 0.717) is 23.7 Å². The molecule has 2 atom stereocenters. The van der Waals surface area contributed by atoms with Crippen molar-refractivity contribution in [2.24, 2.45) is 0 Å². The molecule has 6 nitrogen and oxygen atoms in total. The molecule has 1 heterocycles. The van der Waals surface area contributed by atoms with E-state index in [-0.39, 0.29) is 18.4 Å². The molecule has 2 unspecified atom stereocenters. The van der Waals surface area contributed by atoms with Gasteiger partial charge in [0.05, 0.1) is 29.4 Å². The standard InChI is InChI=1S/C14H18ClN3O3/c1-8-2-3-11(10(15)4-8)18-13(20)7-17-14(21)12-5-9(19)6-16-12/h2-4,9,12,16,19H,5-7H2,1H3,(H,17,21)(H,18,20). The largest absolute Gasteiger partial charge is 0.392 e. The van der Waals surface area contributed by atoms with Gasteiger partial charge in [-0.15, -0.1) is 0 Å². The molecule has 21 heavy (non-hydrogen) atoms. The third kappa shape index (κ3) is 4.42. The molecule has 1 saturated heterocycles. The summed E-state index contributed by atoms with van der Waals surface area (Å²) in [5.41, 5.74) is 1.51. The lowest BCUT2D eigenvalue weighted by Crippen LogP contribution is -2.43. The summed E-state index contributed by atoms with van der Waals surface area (Å²) >= 11 is 6.02. The predicted octanol–water partition coefficient (Wildman–Crippen LogP) is 0.426. The van der Waals surface area contributed by atoms with Crippen LogP contribution in [0, 0.1) is 6.92 Å². The highest BCUT2D eigenvalue weighted by Crippen LogP contribution is 2.22. The molecule has 1 aromatic rings. The van der Waals surface area contributed by atoms with E-state index in [9.17, 15) is 14.7 Å². The molecule has 1 aromatic carbocycles. The molecule has 0 radical (unpaired) electrons. The fraction of sp³-hybridized carbons (Fsp3) is 0.429. The van der Waals surface area contributed by atoms with Crippen molar-refractivity contribution in [1.82, 2.24) is 10.6 Å². The monoisotopic (exact) mass is 311 g/mol. The van der Waals surface area contributed by atoms with Crippen molar-refractivity contribution < 1.29 is 14.7 Å². The van der Waals surface area contributed by atoms with Crippen molar-refractivity contribution >= 4 is 29.1 Å². The Morgan fingerprint density at radius 1 is 1.48 bits per heavy atom. The molecule has 1 aliphatic heterocycles. The smallest absolute Gasteiger partial charge is 0.243 e. The maximum Gasteiger partial charge on any atom is 0.243 e. The zero-order valence-electron chi connectivity index (χ0n) is 11.6. The molecule has 0 aliphatic carbocycles. The van der Waals surface area contributed by atoms with Gasteiger partial charge in [-0.25, -0.2) is 0 Å². The van der Waals surface area contributed by atoms with Gasteiger partial charge in [-0.1, -0.05) is 17.7 Å². The van der Waals surface area contributed by atoms with Crippen LogP contribution in [0.15, 0.2) is 18.2 Å². The van der Waals surface area contributed by atoms with Crippen LogP contribution >= 0.6 is 11.6 Å². The highest BCUT2D eigenvalue weighted by Gasteiger charge is 2.27. The first-order chi connectivity index (χ1) is 9.95. The number of carbonyl (C=O) groups is 2. The lowest BCUT2D eigenvalue weighted by molar-refractivity contribution is -0.125. The Morgan fingerprint density at radius 2 is 2.24 bits per heavy atom. The van der Waals surface area contributed by atoms with E-state index < -0.39 is 12.1 Å². The van der Waals surface area contributed by atoms with Gasteiger partial charge < -0.3 is 21.1 Å². The molecule has 2 amide bonds. The van der Waals surface area contributed by atoms with Gasteiger partial charge in [0.15, 0.2) is 0 Å². The Morgan fingerprint density at radius 3 is 2.86 bits per heavy atom. The summed E-state index contributed by atoms with van der Waals surface area (Å²) in [5.74, 6) is -0.649. The van der Waals surface area contributed by atoms with E-state index in [0.717, 1.165) is 5.56 Å². The number of hydrogen-bond donors (Lipinski definition) is 4. The molecule has 114 valence electrons. The number of halogens is 1. The molecule has 0 bridgehead atoms. The van der Waals surface area contributed by atoms with Crippen LogP contribution in [0.25, 0.3) is 0 Å². The summed E-state index contributed by atoms with van der Waals surface area (Å²) in [4.78, 5) is 23.5. The van der Waals surface area contributed by atoms with Crippen molar-refractivity contribution in [3.63, 3.8) is 0 Å². The van der Waals surface area contributed by atoms with E-state index in [2.05, 4.69) is 16.0 Å². The SMILES string of the molecule is Cc1ccc(NC(=O)CNC(=O)C2CC(O)CN2)c(Cl)c1. The Hall–Kier alpha value is -1.63. The predicted molar refractivity (Wildman–Crippen MR) is 80.2 cm³/mol. The molecule has 1 fully saturated rings. The Bertz CT molecular complexity index is 550. The van der Waals surface area contributed by atoms with Crippen LogP contribution in [0.2, 0.25) is 5.02 Å². The van der Waals surface area contributed by atoms with Crippen molar-refractivity contribution in [2.75, 3.05) is 18.4 Å². The molecule has 7 heteroatoms. The quantitative estimate of drug-likeness (QED) is 0.649. The zero-order valence-corrected chi connectivity index (χ0v) is 12.4. The van der Waals surface area contributed by atoms with Gasteiger partial charge in [-0.3, -0.25) is 9.59 Å². The normalized spacial score (nSPS) is 21.1. The van der Waals surface area contributed by atoms with Crippen LogP contribution in [-0.4, -0.2) is 42.2 Å². The number of anilines is 1. The fourth-order valence-electron chi connectivity index (χ4n) is 2.12. The molecule has 4 N–H and O–H groups in total. The number of rotatable bonds is 4. The number of amides is 2. The number of aliphatic hydroxyl groups is 1. The molecule has 0 spiro atoms. The number of hydrogen-bond acceptors (Lipinski definition) is 4. The minimum Gasteiger partial charge on any atom is -0.392 e. The maximum atomic E-state index is 11.8. The zero-order chi connectivity index (χ0) is 15.4. The van der Waals surface area contributed by atoms with Crippen LogP contribution in [0.1, 0.15) is 12.0 Å². The molecule has 1 aliphatic rings. The van der Waals surface area contributed by atoms with Crippen molar-refractivity contribution in [1.29, 1.82) is 0 Å².